The number of fused-ring (bicyclic) bond motifs is 1. The fourth-order valence-corrected chi connectivity index (χ4v) is 4.43. The third kappa shape index (κ3) is 5.29. The molecule has 3 rings (SSSR count). The smallest absolute Gasteiger partial charge is 0.457 e. The van der Waals surface area contributed by atoms with Crippen molar-refractivity contribution in [1.82, 2.24) is 5.32 Å². The van der Waals surface area contributed by atoms with Crippen LogP contribution in [0.15, 0.2) is 35.2 Å². The first-order valence-corrected chi connectivity index (χ1v) is 11.4. The van der Waals surface area contributed by atoms with Crippen LogP contribution in [0.1, 0.15) is 36.6 Å². The van der Waals surface area contributed by atoms with Crippen molar-refractivity contribution < 1.29 is 44.6 Å². The van der Waals surface area contributed by atoms with E-state index < -0.39 is 74.5 Å². The zero-order valence-electron chi connectivity index (χ0n) is 17.9. The molecule has 0 saturated carbocycles. The predicted molar refractivity (Wildman–Crippen MR) is 109 cm³/mol. The van der Waals surface area contributed by atoms with Crippen LogP contribution in [0.2, 0.25) is 0 Å². The van der Waals surface area contributed by atoms with Crippen LogP contribution in [0.3, 0.4) is 0 Å². The summed E-state index contributed by atoms with van der Waals surface area (Å²) in [6.07, 6.45) is -1.18. The first-order valence-electron chi connectivity index (χ1n) is 9.89. The molecule has 1 aliphatic carbocycles. The van der Waals surface area contributed by atoms with E-state index in [-0.39, 0.29) is 11.3 Å². The lowest BCUT2D eigenvalue weighted by Crippen LogP contribution is -2.36. The van der Waals surface area contributed by atoms with Crippen LogP contribution in [-0.4, -0.2) is 38.1 Å². The van der Waals surface area contributed by atoms with Gasteiger partial charge in [-0.1, -0.05) is 13.8 Å². The molecule has 0 amide bonds. The topological polar surface area (TPSA) is 99.4 Å². The van der Waals surface area contributed by atoms with Gasteiger partial charge >= 0.3 is 5.51 Å². The summed E-state index contributed by atoms with van der Waals surface area (Å²) >= 11 is 0. The van der Waals surface area contributed by atoms with Gasteiger partial charge in [0.15, 0.2) is 0 Å². The van der Waals surface area contributed by atoms with E-state index in [1.807, 2.05) is 13.8 Å². The fraction of sp³-hybridized carbons (Fsp3) is 0.381. The lowest BCUT2D eigenvalue weighted by molar-refractivity contribution is -0.0442. The number of nitrogens with one attached hydrogen (secondary N) is 1. The highest BCUT2D eigenvalue weighted by molar-refractivity contribution is 7.92. The number of hydrogen-bond donors (Lipinski definition) is 2. The molecule has 1 aliphatic rings. The molecule has 0 heterocycles. The van der Waals surface area contributed by atoms with E-state index in [1.54, 1.807) is 6.07 Å². The van der Waals surface area contributed by atoms with Crippen molar-refractivity contribution in [2.75, 3.05) is 13.2 Å². The average Bonchev–Trinajstić information content (AvgIpc) is 3.02. The minimum absolute atomic E-state index is 0.166. The van der Waals surface area contributed by atoms with Gasteiger partial charge in [-0.25, -0.2) is 21.6 Å². The second kappa shape index (κ2) is 10.2. The third-order valence-electron chi connectivity index (χ3n) is 4.68. The molecule has 13 heteroatoms. The molecule has 34 heavy (non-hydrogen) atoms. The van der Waals surface area contributed by atoms with E-state index in [4.69, 9.17) is 15.1 Å². The zero-order valence-corrected chi connectivity index (χ0v) is 18.7. The molecule has 0 aromatic heterocycles. The summed E-state index contributed by atoms with van der Waals surface area (Å²) in [6, 6.07) is 3.51. The van der Waals surface area contributed by atoms with Crippen molar-refractivity contribution >= 4 is 9.84 Å². The average molecular weight is 510 g/mol. The minimum Gasteiger partial charge on any atom is -0.457 e. The van der Waals surface area contributed by atoms with Crippen LogP contribution < -0.4 is 10.1 Å². The lowest BCUT2D eigenvalue weighted by Gasteiger charge is -2.23. The molecule has 0 radical (unpaired) electrons. The molecule has 186 valence electrons. The highest BCUT2D eigenvalue weighted by Gasteiger charge is 2.55. The highest BCUT2D eigenvalue weighted by Crippen LogP contribution is 2.51. The van der Waals surface area contributed by atoms with Gasteiger partial charge in [-0.05, 0) is 24.3 Å². The van der Waals surface area contributed by atoms with E-state index in [0.29, 0.717) is 6.07 Å². The Hall–Kier alpha value is -2.82. The normalized spacial score (nSPS) is 16.8. The number of aliphatic hydroxyl groups is 1. The van der Waals surface area contributed by atoms with E-state index >= 15 is 0 Å². The van der Waals surface area contributed by atoms with Crippen molar-refractivity contribution in [3.63, 3.8) is 0 Å². The lowest BCUT2D eigenvalue weighted by atomic mass is 10.1. The van der Waals surface area contributed by atoms with Crippen molar-refractivity contribution in [2.45, 2.75) is 42.6 Å². The maximum absolute atomic E-state index is 14.7. The van der Waals surface area contributed by atoms with E-state index in [9.17, 15) is 34.8 Å². The van der Waals surface area contributed by atoms with E-state index in [0.717, 1.165) is 24.3 Å². The minimum atomic E-state index is -6.01. The molecule has 0 bridgehead atoms. The van der Waals surface area contributed by atoms with Crippen LogP contribution >= 0.6 is 0 Å². The van der Waals surface area contributed by atoms with Crippen LogP contribution in [0.25, 0.3) is 0 Å². The summed E-state index contributed by atoms with van der Waals surface area (Å²) in [5.74, 6) is -5.35. The summed E-state index contributed by atoms with van der Waals surface area (Å²) in [5, 5.41) is 20.0. The first kappa shape index (κ1) is 27.4. The first-order chi connectivity index (χ1) is 15.8. The van der Waals surface area contributed by atoms with E-state index in [1.165, 1.54) is 0 Å². The molecular weight excluding hydrogens is 490 g/mol. The third-order valence-corrected chi connectivity index (χ3v) is 6.22. The van der Waals surface area contributed by atoms with Gasteiger partial charge in [0.25, 0.3) is 15.8 Å². The quantitative estimate of drug-likeness (QED) is 0.550. The van der Waals surface area contributed by atoms with Crippen LogP contribution in [0, 0.1) is 17.1 Å². The van der Waals surface area contributed by atoms with Crippen molar-refractivity contribution in [3.8, 4) is 17.6 Å². The number of hydrogen-bond acceptors (Lipinski definition) is 6. The number of nitrogens with zero attached hydrogens (tertiary/aromatic N) is 1. The second-order valence-corrected chi connectivity index (χ2v) is 8.75. The Labute approximate surface area is 191 Å². The Morgan fingerprint density at radius 2 is 1.88 bits per heavy atom. The summed E-state index contributed by atoms with van der Waals surface area (Å²) in [5.41, 5.74) is -7.30. The van der Waals surface area contributed by atoms with Crippen molar-refractivity contribution in [3.05, 3.63) is 52.8 Å². The van der Waals surface area contributed by atoms with Crippen molar-refractivity contribution in [2.24, 2.45) is 0 Å². The molecular formula is C21H20F6N2O4S. The van der Waals surface area contributed by atoms with Gasteiger partial charge in [0, 0.05) is 30.2 Å². The molecule has 0 spiro atoms. The van der Waals surface area contributed by atoms with Gasteiger partial charge in [-0.2, -0.15) is 18.4 Å². The highest BCUT2D eigenvalue weighted by atomic mass is 32.2. The van der Waals surface area contributed by atoms with E-state index in [2.05, 4.69) is 5.32 Å². The number of benzene rings is 2. The van der Waals surface area contributed by atoms with Crippen LogP contribution in [-0.2, 0) is 16.3 Å². The number of alkyl halides is 5. The number of sulfone groups is 1. The SMILES string of the molecule is CC.N#Cc1cc(F)cc(Oc2ccc(S(=O)(=O)C(F)(F)F)c3c2CC(F)(F)C3NCCO)c1. The number of halogens is 6. The monoisotopic (exact) mass is 510 g/mol. The Bertz CT molecular complexity index is 1190. The van der Waals surface area contributed by atoms with Crippen molar-refractivity contribution in [1.29, 1.82) is 5.26 Å². The molecule has 2 aromatic rings. The van der Waals surface area contributed by atoms with Gasteiger partial charge in [-0.3, -0.25) is 0 Å². The molecule has 6 nitrogen and oxygen atoms in total. The van der Waals surface area contributed by atoms with Crippen LogP contribution in [0.5, 0.6) is 11.5 Å². The summed E-state index contributed by atoms with van der Waals surface area (Å²) in [7, 11) is -6.01. The Morgan fingerprint density at radius 1 is 1.24 bits per heavy atom. The summed E-state index contributed by atoms with van der Waals surface area (Å²) in [4.78, 5) is -1.38. The van der Waals surface area contributed by atoms with Gasteiger partial charge in [0.2, 0.25) is 0 Å². The number of nitriles is 1. The van der Waals surface area contributed by atoms with Gasteiger partial charge < -0.3 is 15.2 Å². The Kier molecular flexibility index (Phi) is 8.23. The Morgan fingerprint density at radius 3 is 2.44 bits per heavy atom. The molecule has 1 unspecified atom stereocenters. The molecule has 0 aliphatic heterocycles. The number of aliphatic hydroxyl groups excluding tert-OH is 1. The van der Waals surface area contributed by atoms with Crippen LogP contribution in [0.4, 0.5) is 26.3 Å². The fourth-order valence-electron chi connectivity index (χ4n) is 3.40. The number of ether oxygens (including phenoxy) is 1. The number of rotatable bonds is 6. The largest absolute Gasteiger partial charge is 0.501 e. The maximum Gasteiger partial charge on any atom is 0.501 e. The molecule has 1 atom stereocenters. The standard InChI is InChI=1S/C19H14F6N2O4S.C2H6/c20-11-5-10(9-26)6-12(7-11)31-14-1-2-15(32(29,30)19(23,24)25)16-13(14)8-18(21,22)17(16)27-3-4-28;1-2/h1-2,5-7,17,27-28H,3-4,8H2;1-2H3. The summed E-state index contributed by atoms with van der Waals surface area (Å²) in [6.45, 7) is 2.91. The Balaban J connectivity index is 0.00000199. The molecule has 0 saturated heterocycles. The summed E-state index contributed by atoms with van der Waals surface area (Å²) < 4.78 is 112. The molecule has 2 aromatic carbocycles. The molecule has 0 fully saturated rings. The maximum atomic E-state index is 14.7. The predicted octanol–water partition coefficient (Wildman–Crippen LogP) is 4.62. The molecule has 2 N–H and O–H groups in total. The van der Waals surface area contributed by atoms with Gasteiger partial charge in [0.05, 0.1) is 29.2 Å². The van der Waals surface area contributed by atoms with Gasteiger partial charge in [-0.15, -0.1) is 0 Å². The second-order valence-electron chi connectivity index (χ2n) is 6.84. The van der Waals surface area contributed by atoms with Gasteiger partial charge in [0.1, 0.15) is 17.3 Å². The zero-order chi connectivity index (χ0) is 25.9.